The van der Waals surface area contributed by atoms with E-state index in [-0.39, 0.29) is 12.6 Å². The van der Waals surface area contributed by atoms with Gasteiger partial charge in [0.2, 0.25) is 0 Å². The van der Waals surface area contributed by atoms with Crippen molar-refractivity contribution in [3.8, 4) is 5.75 Å². The Balaban J connectivity index is 2.68. The van der Waals surface area contributed by atoms with Crippen LogP contribution in [0.2, 0.25) is 0 Å². The summed E-state index contributed by atoms with van der Waals surface area (Å²) in [6.07, 6.45) is 1.03. The Morgan fingerprint density at radius 3 is 2.64 bits per heavy atom. The van der Waals surface area contributed by atoms with Crippen molar-refractivity contribution in [2.24, 2.45) is 5.73 Å². The molecule has 0 saturated carbocycles. The van der Waals surface area contributed by atoms with E-state index in [9.17, 15) is 5.11 Å². The predicted octanol–water partition coefficient (Wildman–Crippen LogP) is 0.861. The third kappa shape index (κ3) is 2.97. The molecule has 4 nitrogen and oxygen atoms in total. The lowest BCUT2D eigenvalue weighted by Gasteiger charge is -2.11. The molecule has 0 aromatic carbocycles. The third-order valence-corrected chi connectivity index (χ3v) is 1.70. The zero-order valence-corrected chi connectivity index (χ0v) is 8.47. The van der Waals surface area contributed by atoms with Crippen molar-refractivity contribution < 1.29 is 9.84 Å². The minimum atomic E-state index is -0.692. The van der Waals surface area contributed by atoms with Crippen LogP contribution in [0.5, 0.6) is 5.75 Å². The van der Waals surface area contributed by atoms with Crippen LogP contribution >= 0.6 is 0 Å². The maximum Gasteiger partial charge on any atom is 0.137 e. The lowest BCUT2D eigenvalue weighted by atomic mass is 10.2. The number of aliphatic hydroxyl groups is 1. The van der Waals surface area contributed by atoms with Crippen LogP contribution in [-0.4, -0.2) is 22.7 Å². The summed E-state index contributed by atoms with van der Waals surface area (Å²) in [5.74, 6) is 0.702. The van der Waals surface area contributed by atoms with Crippen LogP contribution in [0.15, 0.2) is 18.3 Å². The highest BCUT2D eigenvalue weighted by Crippen LogP contribution is 2.14. The molecular formula is C10H16N2O2. The zero-order chi connectivity index (χ0) is 10.6. The van der Waals surface area contributed by atoms with E-state index in [2.05, 4.69) is 4.98 Å². The number of hydrogen-bond acceptors (Lipinski definition) is 4. The first-order chi connectivity index (χ1) is 6.63. The molecule has 14 heavy (non-hydrogen) atoms. The van der Waals surface area contributed by atoms with E-state index in [0.717, 1.165) is 0 Å². The maximum absolute atomic E-state index is 9.37. The first-order valence-electron chi connectivity index (χ1n) is 4.64. The number of ether oxygens (including phenoxy) is 1. The van der Waals surface area contributed by atoms with Crippen LogP contribution in [0, 0.1) is 0 Å². The third-order valence-electron chi connectivity index (χ3n) is 1.70. The van der Waals surface area contributed by atoms with Crippen LogP contribution in [0.4, 0.5) is 0 Å². The van der Waals surface area contributed by atoms with Gasteiger partial charge in [-0.3, -0.25) is 4.98 Å². The molecule has 78 valence electrons. The molecule has 0 aliphatic heterocycles. The summed E-state index contributed by atoms with van der Waals surface area (Å²) in [5, 5.41) is 9.37. The van der Waals surface area contributed by atoms with Crippen LogP contribution in [-0.2, 0) is 0 Å². The quantitative estimate of drug-likeness (QED) is 0.749. The summed E-state index contributed by atoms with van der Waals surface area (Å²) in [5.41, 5.74) is 5.87. The van der Waals surface area contributed by atoms with Gasteiger partial charge in [0.05, 0.1) is 18.0 Å². The predicted molar refractivity (Wildman–Crippen MR) is 54.0 cm³/mol. The van der Waals surface area contributed by atoms with Gasteiger partial charge in [0.15, 0.2) is 0 Å². The summed E-state index contributed by atoms with van der Waals surface area (Å²) in [4.78, 5) is 4.05. The van der Waals surface area contributed by atoms with Crippen molar-refractivity contribution in [3.63, 3.8) is 0 Å². The molecule has 4 heteroatoms. The van der Waals surface area contributed by atoms with Crippen molar-refractivity contribution in [2.75, 3.05) is 6.54 Å². The smallest absolute Gasteiger partial charge is 0.137 e. The number of hydrogen-bond donors (Lipinski definition) is 2. The molecule has 0 spiro atoms. The second-order valence-corrected chi connectivity index (χ2v) is 3.34. The topological polar surface area (TPSA) is 68.4 Å². The number of nitrogens with two attached hydrogens (primary N) is 1. The minimum Gasteiger partial charge on any atom is -0.489 e. The molecule has 1 aromatic heterocycles. The lowest BCUT2D eigenvalue weighted by Crippen LogP contribution is -2.13. The van der Waals surface area contributed by atoms with Gasteiger partial charge in [0.1, 0.15) is 11.9 Å². The molecule has 0 aliphatic rings. The molecule has 1 rings (SSSR count). The van der Waals surface area contributed by atoms with Crippen molar-refractivity contribution in [2.45, 2.75) is 26.1 Å². The number of pyridine rings is 1. The molecule has 3 N–H and O–H groups in total. The normalized spacial score (nSPS) is 12.9. The molecule has 1 aromatic rings. The molecule has 0 radical (unpaired) electrons. The zero-order valence-electron chi connectivity index (χ0n) is 8.47. The largest absolute Gasteiger partial charge is 0.489 e. The fourth-order valence-electron chi connectivity index (χ4n) is 1.05. The fourth-order valence-corrected chi connectivity index (χ4v) is 1.05. The number of aliphatic hydroxyl groups excluding tert-OH is 1. The Hall–Kier alpha value is -1.13. The van der Waals surface area contributed by atoms with E-state index in [1.165, 1.54) is 0 Å². The Kier molecular flexibility index (Phi) is 3.85. The standard InChI is InChI=1S/C10H16N2O2/c1-7(2)14-8-3-4-9(12-6-8)10(13)5-11/h3-4,6-7,10,13H,5,11H2,1-2H3. The molecule has 0 aliphatic carbocycles. The average molecular weight is 196 g/mol. The summed E-state index contributed by atoms with van der Waals surface area (Å²) in [7, 11) is 0. The number of aromatic nitrogens is 1. The highest BCUT2D eigenvalue weighted by Gasteiger charge is 2.06. The highest BCUT2D eigenvalue weighted by atomic mass is 16.5. The Bertz CT molecular complexity index is 272. The summed E-state index contributed by atoms with van der Waals surface area (Å²) < 4.78 is 5.41. The molecule has 1 unspecified atom stereocenters. The van der Waals surface area contributed by atoms with Crippen LogP contribution in [0.25, 0.3) is 0 Å². The van der Waals surface area contributed by atoms with Crippen LogP contribution in [0.3, 0.4) is 0 Å². The van der Waals surface area contributed by atoms with Gasteiger partial charge in [0.25, 0.3) is 0 Å². The second kappa shape index (κ2) is 4.93. The van der Waals surface area contributed by atoms with E-state index in [1.54, 1.807) is 18.3 Å². The van der Waals surface area contributed by atoms with Crippen molar-refractivity contribution in [1.29, 1.82) is 0 Å². The van der Waals surface area contributed by atoms with Gasteiger partial charge in [-0.05, 0) is 26.0 Å². The minimum absolute atomic E-state index is 0.127. The molecule has 0 amide bonds. The van der Waals surface area contributed by atoms with Crippen molar-refractivity contribution in [1.82, 2.24) is 4.98 Å². The van der Waals surface area contributed by atoms with Gasteiger partial charge < -0.3 is 15.6 Å². The van der Waals surface area contributed by atoms with Crippen LogP contribution < -0.4 is 10.5 Å². The first kappa shape index (κ1) is 10.9. The monoisotopic (exact) mass is 196 g/mol. The van der Waals surface area contributed by atoms with Gasteiger partial charge in [-0.25, -0.2) is 0 Å². The Morgan fingerprint density at radius 1 is 1.50 bits per heavy atom. The van der Waals surface area contributed by atoms with E-state index in [1.807, 2.05) is 13.8 Å². The van der Waals surface area contributed by atoms with Gasteiger partial charge in [-0.15, -0.1) is 0 Å². The van der Waals surface area contributed by atoms with Gasteiger partial charge in [0, 0.05) is 6.54 Å². The molecule has 0 bridgehead atoms. The van der Waals surface area contributed by atoms with Gasteiger partial charge in [-0.2, -0.15) is 0 Å². The molecule has 0 fully saturated rings. The molecule has 1 atom stereocenters. The number of rotatable bonds is 4. The Morgan fingerprint density at radius 2 is 2.21 bits per heavy atom. The summed E-state index contributed by atoms with van der Waals surface area (Å²) in [6.45, 7) is 4.07. The summed E-state index contributed by atoms with van der Waals surface area (Å²) in [6, 6.07) is 3.50. The molecule has 0 saturated heterocycles. The van der Waals surface area contributed by atoms with Crippen molar-refractivity contribution >= 4 is 0 Å². The second-order valence-electron chi connectivity index (χ2n) is 3.34. The number of nitrogens with zero attached hydrogens (tertiary/aromatic N) is 1. The first-order valence-corrected chi connectivity index (χ1v) is 4.64. The van der Waals surface area contributed by atoms with E-state index >= 15 is 0 Å². The molecular weight excluding hydrogens is 180 g/mol. The fraction of sp³-hybridized carbons (Fsp3) is 0.500. The van der Waals surface area contributed by atoms with Gasteiger partial charge in [-0.1, -0.05) is 0 Å². The Labute approximate surface area is 83.7 Å². The van der Waals surface area contributed by atoms with E-state index in [0.29, 0.717) is 11.4 Å². The van der Waals surface area contributed by atoms with Crippen LogP contribution in [0.1, 0.15) is 25.6 Å². The SMILES string of the molecule is CC(C)Oc1ccc(C(O)CN)nc1. The average Bonchev–Trinajstić information content (AvgIpc) is 2.17. The van der Waals surface area contributed by atoms with Gasteiger partial charge >= 0.3 is 0 Å². The van der Waals surface area contributed by atoms with E-state index in [4.69, 9.17) is 10.5 Å². The maximum atomic E-state index is 9.37. The highest BCUT2D eigenvalue weighted by molar-refractivity contribution is 5.21. The van der Waals surface area contributed by atoms with E-state index < -0.39 is 6.10 Å². The lowest BCUT2D eigenvalue weighted by molar-refractivity contribution is 0.181. The van der Waals surface area contributed by atoms with Crippen molar-refractivity contribution in [3.05, 3.63) is 24.0 Å². The molecule has 1 heterocycles. The summed E-state index contributed by atoms with van der Waals surface area (Å²) >= 11 is 0.